The first-order chi connectivity index (χ1) is 9.26. The van der Waals surface area contributed by atoms with E-state index in [9.17, 15) is 21.6 Å². The highest BCUT2D eigenvalue weighted by Gasteiger charge is 2.40. The SMILES string of the molecule is O=S(=O)(c1ccccc1C(F)(F)F)N1CCC(CCl)C1. The maximum atomic E-state index is 12.9. The second kappa shape index (κ2) is 5.54. The van der Waals surface area contributed by atoms with Crippen molar-refractivity contribution >= 4 is 21.6 Å². The first kappa shape index (κ1) is 15.6. The zero-order valence-electron chi connectivity index (χ0n) is 10.4. The highest BCUT2D eigenvalue weighted by atomic mass is 35.5. The molecule has 1 aromatic rings. The van der Waals surface area contributed by atoms with Gasteiger partial charge in [0.15, 0.2) is 0 Å². The van der Waals surface area contributed by atoms with Crippen molar-refractivity contribution in [3.8, 4) is 0 Å². The highest BCUT2D eigenvalue weighted by molar-refractivity contribution is 7.89. The molecule has 0 aromatic heterocycles. The molecule has 2 rings (SSSR count). The van der Waals surface area contributed by atoms with E-state index in [1.165, 1.54) is 12.1 Å². The van der Waals surface area contributed by atoms with Crippen molar-refractivity contribution in [3.05, 3.63) is 29.8 Å². The van der Waals surface area contributed by atoms with Crippen LogP contribution < -0.4 is 0 Å². The second-order valence-electron chi connectivity index (χ2n) is 4.67. The van der Waals surface area contributed by atoms with Crippen molar-refractivity contribution in [2.24, 2.45) is 5.92 Å². The lowest BCUT2D eigenvalue weighted by atomic mass is 10.2. The number of nitrogens with zero attached hydrogens (tertiary/aromatic N) is 1. The molecule has 1 fully saturated rings. The molecule has 112 valence electrons. The van der Waals surface area contributed by atoms with Crippen LogP contribution in [-0.2, 0) is 16.2 Å². The maximum Gasteiger partial charge on any atom is 0.417 e. The Morgan fingerprint density at radius 1 is 1.30 bits per heavy atom. The molecule has 0 aliphatic carbocycles. The molecule has 3 nitrogen and oxygen atoms in total. The minimum Gasteiger partial charge on any atom is -0.207 e. The smallest absolute Gasteiger partial charge is 0.207 e. The second-order valence-corrected chi connectivity index (χ2v) is 6.88. The molecule has 1 heterocycles. The van der Waals surface area contributed by atoms with Crippen LogP contribution in [-0.4, -0.2) is 31.7 Å². The van der Waals surface area contributed by atoms with Gasteiger partial charge < -0.3 is 0 Å². The standard InChI is InChI=1S/C12H13ClF3NO2S/c13-7-9-5-6-17(8-9)20(18,19)11-4-2-1-3-10(11)12(14,15)16/h1-4,9H,5-8H2. The van der Waals surface area contributed by atoms with E-state index in [0.29, 0.717) is 12.3 Å². The van der Waals surface area contributed by atoms with Crippen LogP contribution in [0.1, 0.15) is 12.0 Å². The zero-order valence-corrected chi connectivity index (χ0v) is 12.0. The van der Waals surface area contributed by atoms with Gasteiger partial charge in [0, 0.05) is 19.0 Å². The molecule has 1 aliphatic heterocycles. The third-order valence-corrected chi connectivity index (χ3v) is 5.64. The fraction of sp³-hybridized carbons (Fsp3) is 0.500. The Labute approximate surface area is 120 Å². The largest absolute Gasteiger partial charge is 0.417 e. The van der Waals surface area contributed by atoms with Crippen LogP contribution in [0.5, 0.6) is 0 Å². The lowest BCUT2D eigenvalue weighted by molar-refractivity contribution is -0.139. The first-order valence-electron chi connectivity index (χ1n) is 5.99. The average molecular weight is 328 g/mol. The Morgan fingerprint density at radius 3 is 2.50 bits per heavy atom. The molecule has 8 heteroatoms. The summed E-state index contributed by atoms with van der Waals surface area (Å²) in [5.74, 6) is 0.289. The lowest BCUT2D eigenvalue weighted by Crippen LogP contribution is -2.30. The summed E-state index contributed by atoms with van der Waals surface area (Å²) in [5, 5.41) is 0. The molecule has 1 aromatic carbocycles. The molecule has 1 atom stereocenters. The Hall–Kier alpha value is -0.790. The van der Waals surface area contributed by atoms with Crippen LogP contribution >= 0.6 is 11.6 Å². The predicted octanol–water partition coefficient (Wildman–Crippen LogP) is 2.95. The van der Waals surface area contributed by atoms with E-state index in [4.69, 9.17) is 11.6 Å². The summed E-state index contributed by atoms with van der Waals surface area (Å²) in [6, 6.07) is 4.23. The summed E-state index contributed by atoms with van der Waals surface area (Å²) in [4.78, 5) is -0.692. The number of halogens is 4. The van der Waals surface area contributed by atoms with Gasteiger partial charge in [0.2, 0.25) is 10.0 Å². The zero-order chi connectivity index (χ0) is 15.0. The van der Waals surface area contributed by atoms with E-state index in [1.54, 1.807) is 0 Å². The number of rotatable bonds is 3. The maximum absolute atomic E-state index is 12.9. The van der Waals surface area contributed by atoms with Gasteiger partial charge in [0.25, 0.3) is 0 Å². The van der Waals surface area contributed by atoms with Crippen LogP contribution in [0.15, 0.2) is 29.2 Å². The molecule has 0 N–H and O–H groups in total. The van der Waals surface area contributed by atoms with Crippen LogP contribution in [0.25, 0.3) is 0 Å². The van der Waals surface area contributed by atoms with Crippen molar-refractivity contribution in [2.75, 3.05) is 19.0 Å². The van der Waals surface area contributed by atoms with Crippen LogP contribution in [0.4, 0.5) is 13.2 Å². The normalized spacial score (nSPS) is 21.3. The number of alkyl halides is 4. The molecule has 0 amide bonds. The monoisotopic (exact) mass is 327 g/mol. The summed E-state index contributed by atoms with van der Waals surface area (Å²) in [6.07, 6.45) is -4.13. The van der Waals surface area contributed by atoms with Gasteiger partial charge in [0.1, 0.15) is 0 Å². The predicted molar refractivity (Wildman–Crippen MR) is 69.0 cm³/mol. The van der Waals surface area contributed by atoms with E-state index in [2.05, 4.69) is 0 Å². The topological polar surface area (TPSA) is 37.4 Å². The fourth-order valence-corrected chi connectivity index (χ4v) is 4.20. The summed E-state index contributed by atoms with van der Waals surface area (Å²) < 4.78 is 64.5. The molecule has 20 heavy (non-hydrogen) atoms. The molecular weight excluding hydrogens is 315 g/mol. The van der Waals surface area contributed by atoms with Crippen molar-refractivity contribution in [1.29, 1.82) is 0 Å². The summed E-state index contributed by atoms with van der Waals surface area (Å²) in [6.45, 7) is 0.365. The lowest BCUT2D eigenvalue weighted by Gasteiger charge is -2.19. The van der Waals surface area contributed by atoms with Crippen LogP contribution in [0.2, 0.25) is 0 Å². The molecule has 0 saturated carbocycles. The van der Waals surface area contributed by atoms with Gasteiger partial charge in [-0.25, -0.2) is 8.42 Å². The Morgan fingerprint density at radius 2 is 1.95 bits per heavy atom. The van der Waals surface area contributed by atoms with Crippen molar-refractivity contribution in [1.82, 2.24) is 4.31 Å². The van der Waals surface area contributed by atoms with Gasteiger partial charge in [-0.15, -0.1) is 11.6 Å². The van der Waals surface area contributed by atoms with E-state index < -0.39 is 26.7 Å². The van der Waals surface area contributed by atoms with E-state index in [1.807, 2.05) is 0 Å². The third kappa shape index (κ3) is 2.94. The van der Waals surface area contributed by atoms with Crippen molar-refractivity contribution in [2.45, 2.75) is 17.5 Å². The van der Waals surface area contributed by atoms with Crippen molar-refractivity contribution < 1.29 is 21.6 Å². The van der Waals surface area contributed by atoms with Crippen molar-refractivity contribution in [3.63, 3.8) is 0 Å². The van der Waals surface area contributed by atoms with Crippen LogP contribution in [0, 0.1) is 5.92 Å². The van der Waals surface area contributed by atoms with Gasteiger partial charge in [-0.1, -0.05) is 12.1 Å². The molecule has 1 aliphatic rings. The molecule has 1 saturated heterocycles. The molecule has 0 radical (unpaired) electrons. The number of hydrogen-bond donors (Lipinski definition) is 0. The van der Waals surface area contributed by atoms with E-state index in [-0.39, 0.29) is 19.0 Å². The van der Waals surface area contributed by atoms with Crippen LogP contribution in [0.3, 0.4) is 0 Å². The Kier molecular flexibility index (Phi) is 4.32. The fourth-order valence-electron chi connectivity index (χ4n) is 2.21. The number of benzene rings is 1. The summed E-state index contributed by atoms with van der Waals surface area (Å²) in [5.41, 5.74) is -1.13. The quantitative estimate of drug-likeness (QED) is 0.800. The Bertz CT molecular complexity index is 589. The minimum absolute atomic E-state index is 0.00973. The first-order valence-corrected chi connectivity index (χ1v) is 7.96. The highest BCUT2D eigenvalue weighted by Crippen LogP contribution is 2.36. The van der Waals surface area contributed by atoms with Gasteiger partial charge >= 0.3 is 6.18 Å². The van der Waals surface area contributed by atoms with Gasteiger partial charge in [-0.3, -0.25) is 0 Å². The molecule has 1 unspecified atom stereocenters. The van der Waals surface area contributed by atoms with Gasteiger partial charge in [0.05, 0.1) is 10.5 Å². The average Bonchev–Trinajstić information content (AvgIpc) is 2.87. The number of hydrogen-bond acceptors (Lipinski definition) is 2. The van der Waals surface area contributed by atoms with E-state index in [0.717, 1.165) is 16.4 Å². The third-order valence-electron chi connectivity index (χ3n) is 3.28. The van der Waals surface area contributed by atoms with Gasteiger partial charge in [-0.05, 0) is 24.5 Å². The molecule has 0 spiro atoms. The molecular formula is C12H13ClF3NO2S. The van der Waals surface area contributed by atoms with E-state index >= 15 is 0 Å². The van der Waals surface area contributed by atoms with Gasteiger partial charge in [-0.2, -0.15) is 17.5 Å². The molecule has 0 bridgehead atoms. The summed E-state index contributed by atoms with van der Waals surface area (Å²) in [7, 11) is -4.14. The minimum atomic E-state index is -4.70. The Balaban J connectivity index is 2.41. The summed E-state index contributed by atoms with van der Waals surface area (Å²) >= 11 is 5.67. The number of sulfonamides is 1.